The summed E-state index contributed by atoms with van der Waals surface area (Å²) in [6, 6.07) is 7.12. The van der Waals surface area contributed by atoms with Gasteiger partial charge in [-0.3, -0.25) is 14.4 Å². The zero-order valence-electron chi connectivity index (χ0n) is 22.6. The van der Waals surface area contributed by atoms with E-state index in [-0.39, 0.29) is 54.4 Å². The van der Waals surface area contributed by atoms with Gasteiger partial charge in [0.15, 0.2) is 5.82 Å². The van der Waals surface area contributed by atoms with E-state index in [1.54, 1.807) is 31.2 Å². The van der Waals surface area contributed by atoms with E-state index < -0.39 is 11.9 Å². The largest absolute Gasteiger partial charge is 0.465 e. The summed E-state index contributed by atoms with van der Waals surface area (Å²) in [4.78, 5) is 46.4. The first-order chi connectivity index (χ1) is 18.3. The van der Waals surface area contributed by atoms with Gasteiger partial charge < -0.3 is 19.8 Å². The molecule has 0 aliphatic rings. The molecule has 0 aliphatic carbocycles. The summed E-state index contributed by atoms with van der Waals surface area (Å²) in [6.07, 6.45) is 4.55. The Hall–Kier alpha value is -4.02. The molecule has 0 fully saturated rings. The number of hydrogen-bond donors (Lipinski definition) is 2. The fraction of sp³-hybridized carbons (Fsp3) is 0.481. The van der Waals surface area contributed by atoms with Crippen molar-refractivity contribution >= 4 is 17.8 Å². The molecule has 3 rings (SSSR count). The highest BCUT2D eigenvalue weighted by Gasteiger charge is 2.23. The van der Waals surface area contributed by atoms with Gasteiger partial charge >= 0.3 is 5.97 Å². The van der Waals surface area contributed by atoms with E-state index in [2.05, 4.69) is 25.7 Å². The molecule has 11 nitrogen and oxygen atoms in total. The molecule has 0 spiro atoms. The molecule has 38 heavy (non-hydrogen) atoms. The molecule has 2 N–H and O–H groups in total. The summed E-state index contributed by atoms with van der Waals surface area (Å²) in [5.74, 6) is -0.604. The van der Waals surface area contributed by atoms with E-state index in [0.717, 1.165) is 25.7 Å². The molecule has 2 aromatic heterocycles. The number of rotatable bonds is 13. The zero-order chi connectivity index (χ0) is 27.7. The normalized spacial score (nSPS) is 11.1. The number of amides is 2. The Morgan fingerprint density at radius 3 is 2.21 bits per heavy atom. The van der Waals surface area contributed by atoms with Crippen LogP contribution in [0.3, 0.4) is 0 Å². The molecule has 0 unspecified atom stereocenters. The molecule has 2 amide bonds. The van der Waals surface area contributed by atoms with Crippen LogP contribution in [0.1, 0.15) is 81.5 Å². The van der Waals surface area contributed by atoms with Crippen LogP contribution in [0.5, 0.6) is 0 Å². The lowest BCUT2D eigenvalue weighted by Crippen LogP contribution is -2.36. The Labute approximate surface area is 222 Å². The van der Waals surface area contributed by atoms with Crippen LogP contribution in [-0.2, 0) is 16.1 Å². The third-order valence-corrected chi connectivity index (χ3v) is 6.20. The van der Waals surface area contributed by atoms with Gasteiger partial charge in [0.25, 0.3) is 11.8 Å². The third-order valence-electron chi connectivity index (χ3n) is 6.20. The van der Waals surface area contributed by atoms with E-state index in [9.17, 15) is 14.4 Å². The smallest absolute Gasteiger partial charge is 0.327 e. The van der Waals surface area contributed by atoms with E-state index in [1.807, 2.05) is 27.7 Å². The maximum absolute atomic E-state index is 13.0. The molecule has 0 aliphatic heterocycles. The second-order valence-electron chi connectivity index (χ2n) is 8.81. The Balaban J connectivity index is 1.90. The van der Waals surface area contributed by atoms with Gasteiger partial charge in [0.1, 0.15) is 6.54 Å². The molecule has 2 heterocycles. The van der Waals surface area contributed by atoms with Gasteiger partial charge in [-0.25, -0.2) is 14.6 Å². The Morgan fingerprint density at radius 1 is 0.947 bits per heavy atom. The number of aromatic nitrogens is 4. The predicted octanol–water partition coefficient (Wildman–Crippen LogP) is 4.00. The van der Waals surface area contributed by atoms with Crippen molar-refractivity contribution in [3.05, 3.63) is 42.0 Å². The van der Waals surface area contributed by atoms with E-state index >= 15 is 0 Å². The summed E-state index contributed by atoms with van der Waals surface area (Å²) in [5, 5.41) is 10.3. The number of oxazole rings is 1. The Morgan fingerprint density at radius 2 is 1.58 bits per heavy atom. The predicted molar refractivity (Wildman–Crippen MR) is 141 cm³/mol. The summed E-state index contributed by atoms with van der Waals surface area (Å²) in [6.45, 7) is 9.66. The van der Waals surface area contributed by atoms with Gasteiger partial charge in [0, 0.05) is 23.2 Å². The van der Waals surface area contributed by atoms with Gasteiger partial charge in [0.2, 0.25) is 17.5 Å². The van der Waals surface area contributed by atoms with Crippen molar-refractivity contribution < 1.29 is 23.5 Å². The van der Waals surface area contributed by atoms with Crippen LogP contribution in [0.4, 0.5) is 0 Å². The summed E-state index contributed by atoms with van der Waals surface area (Å²) < 4.78 is 12.0. The van der Waals surface area contributed by atoms with Crippen molar-refractivity contribution in [3.63, 3.8) is 0 Å². The van der Waals surface area contributed by atoms with Crippen molar-refractivity contribution in [1.29, 1.82) is 0 Å². The molecule has 0 saturated heterocycles. The highest BCUT2D eigenvalue weighted by atomic mass is 16.5. The number of benzene rings is 1. The highest BCUT2D eigenvalue weighted by Crippen LogP contribution is 2.25. The molecule has 1 aromatic carbocycles. The molecule has 0 saturated carbocycles. The van der Waals surface area contributed by atoms with Crippen LogP contribution < -0.4 is 10.6 Å². The van der Waals surface area contributed by atoms with Crippen LogP contribution in [0.2, 0.25) is 0 Å². The number of nitrogens with one attached hydrogen (secondary N) is 2. The van der Waals surface area contributed by atoms with E-state index in [4.69, 9.17) is 9.15 Å². The first kappa shape index (κ1) is 28.5. The average Bonchev–Trinajstić information content (AvgIpc) is 3.58. The average molecular weight is 525 g/mol. The molecule has 0 radical (unpaired) electrons. The number of carbonyl (C=O) groups excluding carboxylic acids is 3. The molecule has 3 aromatic rings. The SMILES string of the molecule is CCOC(=O)Cn1nc(-c2cccc(-c3ncc(C(=O)NC(CC)CC)o3)c2)nc1C(=O)NC(CC)CC. The number of ether oxygens (including phenoxy) is 1. The third kappa shape index (κ3) is 7.05. The minimum Gasteiger partial charge on any atom is -0.465 e. The lowest BCUT2D eigenvalue weighted by atomic mass is 10.1. The Kier molecular flexibility index (Phi) is 10.1. The molecule has 11 heteroatoms. The maximum atomic E-state index is 13.0. The second kappa shape index (κ2) is 13.5. The van der Waals surface area contributed by atoms with Gasteiger partial charge in [-0.1, -0.05) is 39.8 Å². The number of carbonyl (C=O) groups is 3. The van der Waals surface area contributed by atoms with Crippen molar-refractivity contribution in [1.82, 2.24) is 30.4 Å². The summed E-state index contributed by atoms with van der Waals surface area (Å²) in [5.41, 5.74) is 1.19. The second-order valence-corrected chi connectivity index (χ2v) is 8.81. The van der Waals surface area contributed by atoms with Gasteiger partial charge in [-0.05, 0) is 44.7 Å². The highest BCUT2D eigenvalue weighted by molar-refractivity contribution is 5.92. The van der Waals surface area contributed by atoms with Crippen LogP contribution in [0.25, 0.3) is 22.8 Å². The van der Waals surface area contributed by atoms with Crippen LogP contribution in [0, 0.1) is 0 Å². The fourth-order valence-corrected chi connectivity index (χ4v) is 3.87. The minimum absolute atomic E-state index is 0.0156. The fourth-order valence-electron chi connectivity index (χ4n) is 3.87. The van der Waals surface area contributed by atoms with Crippen LogP contribution in [-0.4, -0.2) is 56.2 Å². The van der Waals surface area contributed by atoms with Crippen LogP contribution in [0.15, 0.2) is 34.9 Å². The molecular weight excluding hydrogens is 488 g/mol. The van der Waals surface area contributed by atoms with Crippen molar-refractivity contribution in [2.24, 2.45) is 0 Å². The van der Waals surface area contributed by atoms with E-state index in [1.165, 1.54) is 10.9 Å². The molecule has 204 valence electrons. The quantitative estimate of drug-likeness (QED) is 0.320. The lowest BCUT2D eigenvalue weighted by molar-refractivity contribution is -0.144. The first-order valence-corrected chi connectivity index (χ1v) is 13.1. The lowest BCUT2D eigenvalue weighted by Gasteiger charge is -2.14. The summed E-state index contributed by atoms with van der Waals surface area (Å²) in [7, 11) is 0. The standard InChI is InChI=1S/C27H36N6O5/c1-6-19(7-2)29-25(35)21-15-28-27(38-21)18-13-11-12-17(14-18)23-31-24(26(36)30-20(8-3)9-4)33(32-23)16-22(34)37-10-5/h11-15,19-20H,6-10,16H2,1-5H3,(H,29,35)(H,30,36). The van der Waals surface area contributed by atoms with Gasteiger partial charge in [0.05, 0.1) is 12.8 Å². The molecule has 0 atom stereocenters. The molecular formula is C27H36N6O5. The zero-order valence-corrected chi connectivity index (χ0v) is 22.6. The minimum atomic E-state index is -0.520. The van der Waals surface area contributed by atoms with Gasteiger partial charge in [-0.15, -0.1) is 5.10 Å². The monoisotopic (exact) mass is 524 g/mol. The van der Waals surface area contributed by atoms with E-state index in [0.29, 0.717) is 11.1 Å². The van der Waals surface area contributed by atoms with Crippen molar-refractivity contribution in [3.8, 4) is 22.8 Å². The Bertz CT molecular complexity index is 1240. The van der Waals surface area contributed by atoms with Crippen molar-refractivity contribution in [2.75, 3.05) is 6.61 Å². The first-order valence-electron chi connectivity index (χ1n) is 13.1. The number of nitrogens with zero attached hydrogens (tertiary/aromatic N) is 4. The van der Waals surface area contributed by atoms with Crippen molar-refractivity contribution in [2.45, 2.75) is 78.9 Å². The van der Waals surface area contributed by atoms with Crippen LogP contribution >= 0.6 is 0 Å². The number of hydrogen-bond acceptors (Lipinski definition) is 8. The summed E-state index contributed by atoms with van der Waals surface area (Å²) >= 11 is 0. The topological polar surface area (TPSA) is 141 Å². The van der Waals surface area contributed by atoms with Gasteiger partial charge in [-0.2, -0.15) is 0 Å². The maximum Gasteiger partial charge on any atom is 0.327 e. The molecule has 0 bridgehead atoms. The number of esters is 1.